The third kappa shape index (κ3) is 3.03. The van der Waals surface area contributed by atoms with Gasteiger partial charge in [-0.15, -0.1) is 12.6 Å². The second-order valence-corrected chi connectivity index (χ2v) is 4.47. The van der Waals surface area contributed by atoms with Gasteiger partial charge >= 0.3 is 5.97 Å². The number of carbonyl (C=O) groups excluding carboxylic acids is 2. The molecule has 0 fully saturated rings. The summed E-state index contributed by atoms with van der Waals surface area (Å²) in [7, 11) is 1.31. The number of ketones is 1. The topological polar surface area (TPSA) is 43.4 Å². The molecule has 2 rings (SSSR count). The summed E-state index contributed by atoms with van der Waals surface area (Å²) in [5, 5.41) is 0. The molecule has 0 atom stereocenters. The van der Waals surface area contributed by atoms with E-state index in [0.717, 1.165) is 4.90 Å². The lowest BCUT2D eigenvalue weighted by Gasteiger charge is -2.04. The van der Waals surface area contributed by atoms with E-state index in [0.29, 0.717) is 16.7 Å². The fourth-order valence-electron chi connectivity index (χ4n) is 1.72. The molecule has 0 bridgehead atoms. The van der Waals surface area contributed by atoms with Gasteiger partial charge in [0.05, 0.1) is 12.7 Å². The Morgan fingerprint density at radius 3 is 2.16 bits per heavy atom. The largest absolute Gasteiger partial charge is 0.465 e. The number of hydrogen-bond donors (Lipinski definition) is 1. The fraction of sp³-hybridized carbons (Fsp3) is 0.0667. The molecule has 0 heterocycles. The first-order valence-corrected chi connectivity index (χ1v) is 6.08. The van der Waals surface area contributed by atoms with Crippen molar-refractivity contribution in [3.63, 3.8) is 0 Å². The average Bonchev–Trinajstić information content (AvgIpc) is 2.45. The Balaban J connectivity index is 2.37. The van der Waals surface area contributed by atoms with E-state index >= 15 is 0 Å². The van der Waals surface area contributed by atoms with Crippen molar-refractivity contribution >= 4 is 24.4 Å². The number of methoxy groups -OCH3 is 1. The Bertz CT molecular complexity index is 635. The minimum absolute atomic E-state index is 0.151. The Morgan fingerprint density at radius 1 is 0.947 bits per heavy atom. The van der Waals surface area contributed by atoms with Gasteiger partial charge < -0.3 is 4.74 Å². The molecular formula is C15H12O3S. The Kier molecular flexibility index (Phi) is 4.02. The van der Waals surface area contributed by atoms with Gasteiger partial charge in [-0.05, 0) is 24.3 Å². The van der Waals surface area contributed by atoms with Gasteiger partial charge in [0.1, 0.15) is 0 Å². The summed E-state index contributed by atoms with van der Waals surface area (Å²) in [6.45, 7) is 0. The van der Waals surface area contributed by atoms with Gasteiger partial charge in [0, 0.05) is 16.0 Å². The van der Waals surface area contributed by atoms with E-state index < -0.39 is 5.97 Å². The lowest BCUT2D eigenvalue weighted by Crippen LogP contribution is -2.05. The van der Waals surface area contributed by atoms with Crippen LogP contribution in [-0.2, 0) is 4.74 Å². The average molecular weight is 272 g/mol. The zero-order valence-electron chi connectivity index (χ0n) is 10.3. The van der Waals surface area contributed by atoms with E-state index in [1.54, 1.807) is 42.5 Å². The summed E-state index contributed by atoms with van der Waals surface area (Å²) < 4.78 is 4.63. The highest BCUT2D eigenvalue weighted by atomic mass is 32.1. The molecule has 96 valence electrons. The summed E-state index contributed by atoms with van der Waals surface area (Å²) in [6.07, 6.45) is 0. The summed E-state index contributed by atoms with van der Waals surface area (Å²) >= 11 is 4.20. The number of carbonyl (C=O) groups is 2. The number of rotatable bonds is 3. The minimum atomic E-state index is -0.461. The lowest BCUT2D eigenvalue weighted by molar-refractivity contribution is 0.0600. The van der Waals surface area contributed by atoms with Crippen LogP contribution in [0.1, 0.15) is 26.3 Å². The van der Waals surface area contributed by atoms with Crippen LogP contribution < -0.4 is 0 Å². The van der Waals surface area contributed by atoms with Crippen LogP contribution in [0, 0.1) is 0 Å². The van der Waals surface area contributed by atoms with Crippen molar-refractivity contribution in [1.82, 2.24) is 0 Å². The maximum atomic E-state index is 12.3. The number of ether oxygens (including phenoxy) is 1. The van der Waals surface area contributed by atoms with Crippen molar-refractivity contribution in [1.29, 1.82) is 0 Å². The third-order valence-electron chi connectivity index (χ3n) is 2.65. The van der Waals surface area contributed by atoms with Crippen LogP contribution in [-0.4, -0.2) is 18.9 Å². The molecule has 0 unspecified atom stereocenters. The van der Waals surface area contributed by atoms with Crippen molar-refractivity contribution in [3.05, 3.63) is 65.2 Å². The first-order chi connectivity index (χ1) is 9.11. The monoisotopic (exact) mass is 272 g/mol. The Hall–Kier alpha value is -2.07. The van der Waals surface area contributed by atoms with E-state index in [2.05, 4.69) is 17.4 Å². The maximum absolute atomic E-state index is 12.3. The van der Waals surface area contributed by atoms with E-state index in [9.17, 15) is 9.59 Å². The SMILES string of the molecule is COC(=O)c1cccc(C(=O)c2cccc(S)c2)c1. The van der Waals surface area contributed by atoms with Gasteiger partial charge in [-0.25, -0.2) is 4.79 Å². The highest BCUT2D eigenvalue weighted by Crippen LogP contribution is 2.15. The van der Waals surface area contributed by atoms with Crippen LogP contribution in [0.4, 0.5) is 0 Å². The van der Waals surface area contributed by atoms with Crippen LogP contribution in [0.5, 0.6) is 0 Å². The predicted molar refractivity (Wildman–Crippen MR) is 74.9 cm³/mol. The molecule has 19 heavy (non-hydrogen) atoms. The van der Waals surface area contributed by atoms with Gasteiger partial charge in [-0.1, -0.05) is 24.3 Å². The second-order valence-electron chi connectivity index (χ2n) is 3.95. The first kappa shape index (κ1) is 13.4. The van der Waals surface area contributed by atoms with Crippen molar-refractivity contribution in [2.24, 2.45) is 0 Å². The maximum Gasteiger partial charge on any atom is 0.337 e. The highest BCUT2D eigenvalue weighted by Gasteiger charge is 2.12. The minimum Gasteiger partial charge on any atom is -0.465 e. The van der Waals surface area contributed by atoms with Gasteiger partial charge in [-0.3, -0.25) is 4.79 Å². The molecule has 0 aliphatic rings. The molecular weight excluding hydrogens is 260 g/mol. The number of benzene rings is 2. The first-order valence-electron chi connectivity index (χ1n) is 5.64. The van der Waals surface area contributed by atoms with Crippen molar-refractivity contribution in [2.45, 2.75) is 4.90 Å². The van der Waals surface area contributed by atoms with Crippen LogP contribution in [0.3, 0.4) is 0 Å². The fourth-order valence-corrected chi connectivity index (χ4v) is 1.94. The van der Waals surface area contributed by atoms with Gasteiger partial charge in [0.25, 0.3) is 0 Å². The second kappa shape index (κ2) is 5.71. The summed E-state index contributed by atoms with van der Waals surface area (Å²) in [4.78, 5) is 24.4. The zero-order valence-corrected chi connectivity index (χ0v) is 11.2. The molecule has 3 nitrogen and oxygen atoms in total. The number of thiol groups is 1. The molecule has 0 amide bonds. The van der Waals surface area contributed by atoms with Crippen molar-refractivity contribution in [2.75, 3.05) is 7.11 Å². The molecule has 2 aromatic carbocycles. The summed E-state index contributed by atoms with van der Waals surface area (Å²) in [5.74, 6) is -0.612. The van der Waals surface area contributed by atoms with E-state index in [-0.39, 0.29) is 5.78 Å². The Labute approximate surface area is 116 Å². The van der Waals surface area contributed by atoms with E-state index in [1.165, 1.54) is 13.2 Å². The molecule has 0 radical (unpaired) electrons. The van der Waals surface area contributed by atoms with Crippen molar-refractivity contribution < 1.29 is 14.3 Å². The van der Waals surface area contributed by atoms with Crippen LogP contribution >= 0.6 is 12.6 Å². The summed E-state index contributed by atoms with van der Waals surface area (Å²) in [5.41, 5.74) is 1.34. The molecule has 0 N–H and O–H groups in total. The molecule has 0 spiro atoms. The van der Waals surface area contributed by atoms with Gasteiger partial charge in [-0.2, -0.15) is 0 Å². The quantitative estimate of drug-likeness (QED) is 0.530. The van der Waals surface area contributed by atoms with Crippen LogP contribution in [0.2, 0.25) is 0 Å². The molecule has 2 aromatic rings. The molecule has 4 heteroatoms. The highest BCUT2D eigenvalue weighted by molar-refractivity contribution is 7.80. The third-order valence-corrected chi connectivity index (χ3v) is 2.93. The molecule has 0 aromatic heterocycles. The van der Waals surface area contributed by atoms with Crippen molar-refractivity contribution in [3.8, 4) is 0 Å². The Morgan fingerprint density at radius 2 is 1.53 bits per heavy atom. The molecule has 0 aliphatic heterocycles. The van der Waals surface area contributed by atoms with Crippen LogP contribution in [0.15, 0.2) is 53.4 Å². The smallest absolute Gasteiger partial charge is 0.337 e. The predicted octanol–water partition coefficient (Wildman–Crippen LogP) is 2.99. The number of hydrogen-bond acceptors (Lipinski definition) is 4. The standard InChI is InChI=1S/C15H12O3S/c1-18-15(17)12-6-2-4-10(8-12)14(16)11-5-3-7-13(19)9-11/h2-9,19H,1H3. The normalized spacial score (nSPS) is 10.0. The van der Waals surface area contributed by atoms with Gasteiger partial charge in [0.2, 0.25) is 0 Å². The van der Waals surface area contributed by atoms with E-state index in [4.69, 9.17) is 0 Å². The number of esters is 1. The molecule has 0 saturated carbocycles. The van der Waals surface area contributed by atoms with E-state index in [1.807, 2.05) is 0 Å². The van der Waals surface area contributed by atoms with Crippen LogP contribution in [0.25, 0.3) is 0 Å². The molecule has 0 aliphatic carbocycles. The zero-order chi connectivity index (χ0) is 13.8. The van der Waals surface area contributed by atoms with Gasteiger partial charge in [0.15, 0.2) is 5.78 Å². The molecule has 0 saturated heterocycles. The lowest BCUT2D eigenvalue weighted by atomic mass is 10.0. The summed E-state index contributed by atoms with van der Waals surface area (Å²) in [6, 6.07) is 13.4.